The van der Waals surface area contributed by atoms with Gasteiger partial charge in [0.25, 0.3) is 5.91 Å². The Bertz CT molecular complexity index is 1600. The third-order valence-electron chi connectivity index (χ3n) is 6.02. The largest absolute Gasteiger partial charge is 0.498 e. The first kappa shape index (κ1) is 25.4. The number of rotatable bonds is 6. The van der Waals surface area contributed by atoms with Gasteiger partial charge in [-0.25, -0.2) is 4.99 Å². The molecule has 0 bridgehead atoms. The van der Waals surface area contributed by atoms with Crippen molar-refractivity contribution in [1.29, 1.82) is 0 Å². The normalized spacial score (nSPS) is 15.1. The number of pyridine rings is 1. The van der Waals surface area contributed by atoms with Gasteiger partial charge in [-0.2, -0.15) is 4.98 Å². The quantitative estimate of drug-likeness (QED) is 0.227. The number of carbonyl (C=O) groups excluding carboxylic acids is 1. The van der Waals surface area contributed by atoms with E-state index in [2.05, 4.69) is 25.9 Å². The molecular weight excluding hydrogens is 524 g/mol. The second kappa shape index (κ2) is 10.6. The van der Waals surface area contributed by atoms with Crippen molar-refractivity contribution < 1.29 is 14.3 Å². The number of aromatic nitrogens is 2. The number of benzene rings is 2. The molecule has 1 amide bonds. The number of para-hydroxylation sites is 2. The van der Waals surface area contributed by atoms with Crippen LogP contribution >= 0.6 is 23.8 Å². The molecule has 0 saturated carbocycles. The molecule has 1 aliphatic rings. The zero-order valence-electron chi connectivity index (χ0n) is 20.4. The number of carbonyl (C=O) groups is 1. The lowest BCUT2D eigenvalue weighted by Crippen LogP contribution is -2.37. The minimum absolute atomic E-state index is 0.257. The summed E-state index contributed by atoms with van der Waals surface area (Å²) in [5.41, 5.74) is 4.66. The van der Waals surface area contributed by atoms with Crippen molar-refractivity contribution in [1.82, 2.24) is 15.3 Å². The van der Waals surface area contributed by atoms with Gasteiger partial charge in [-0.1, -0.05) is 42.8 Å². The summed E-state index contributed by atoms with van der Waals surface area (Å²) in [6.07, 6.45) is 3.70. The molecule has 192 valence electrons. The Morgan fingerprint density at radius 3 is 2.76 bits per heavy atom. The Kier molecular flexibility index (Phi) is 7.08. The van der Waals surface area contributed by atoms with Gasteiger partial charge in [-0.05, 0) is 55.4 Å². The monoisotopic (exact) mass is 546 g/mol. The zero-order chi connectivity index (χ0) is 26.8. The second-order valence-electron chi connectivity index (χ2n) is 8.59. The van der Waals surface area contributed by atoms with Crippen molar-refractivity contribution in [3.63, 3.8) is 0 Å². The van der Waals surface area contributed by atoms with Gasteiger partial charge >= 0.3 is 6.01 Å². The van der Waals surface area contributed by atoms with Crippen molar-refractivity contribution >= 4 is 63.5 Å². The number of nitrogens with one attached hydrogen (secondary N) is 3. The topological polar surface area (TPSA) is 125 Å². The van der Waals surface area contributed by atoms with E-state index in [0.29, 0.717) is 50.2 Å². The van der Waals surface area contributed by atoms with Crippen LogP contribution in [0.15, 0.2) is 81.6 Å². The molecular formula is C27H23ClN6O3S. The van der Waals surface area contributed by atoms with E-state index in [4.69, 9.17) is 33.2 Å². The molecule has 0 saturated heterocycles. The Morgan fingerprint density at radius 1 is 1.21 bits per heavy atom. The number of aliphatic hydroxyl groups excluding tert-OH is 1. The molecule has 1 aliphatic heterocycles. The third-order valence-corrected chi connectivity index (χ3v) is 6.58. The van der Waals surface area contributed by atoms with Crippen LogP contribution in [0, 0.1) is 0 Å². The molecule has 1 unspecified atom stereocenters. The van der Waals surface area contributed by atoms with Gasteiger partial charge in [0.15, 0.2) is 10.6 Å². The maximum Gasteiger partial charge on any atom is 0.302 e. The predicted molar refractivity (Wildman–Crippen MR) is 152 cm³/mol. The number of hydrogen-bond donors (Lipinski definition) is 4. The van der Waals surface area contributed by atoms with Crippen LogP contribution in [0.25, 0.3) is 11.1 Å². The number of allylic oxidation sites excluding steroid dienone is 1. The number of oxazole rings is 1. The van der Waals surface area contributed by atoms with E-state index in [9.17, 15) is 9.90 Å². The molecule has 0 spiro atoms. The first-order chi connectivity index (χ1) is 18.3. The summed E-state index contributed by atoms with van der Waals surface area (Å²) in [4.78, 5) is 26.8. The SMILES string of the molecule is CCc1ccc(C2N=C(Nc3nc4ccccc4o3)NC(C)=C2C(=O)Nc2cncc(C(O)=S)c2)c(Cl)c1. The van der Waals surface area contributed by atoms with E-state index >= 15 is 0 Å². The van der Waals surface area contributed by atoms with Gasteiger partial charge in [0.1, 0.15) is 11.6 Å². The summed E-state index contributed by atoms with van der Waals surface area (Å²) in [6.45, 7) is 3.82. The molecule has 38 heavy (non-hydrogen) atoms. The van der Waals surface area contributed by atoms with Gasteiger partial charge in [0, 0.05) is 28.0 Å². The van der Waals surface area contributed by atoms with Gasteiger partial charge in [0.2, 0.25) is 5.96 Å². The molecule has 11 heteroatoms. The molecule has 9 nitrogen and oxygen atoms in total. The first-order valence-corrected chi connectivity index (χ1v) is 12.6. The molecule has 0 aliphatic carbocycles. The minimum atomic E-state index is -0.739. The molecule has 2 aromatic heterocycles. The first-order valence-electron chi connectivity index (χ1n) is 11.8. The summed E-state index contributed by atoms with van der Waals surface area (Å²) in [7, 11) is 0. The van der Waals surface area contributed by atoms with Crippen molar-refractivity contribution in [3.05, 3.63) is 93.9 Å². The lowest BCUT2D eigenvalue weighted by molar-refractivity contribution is -0.113. The third kappa shape index (κ3) is 5.22. The van der Waals surface area contributed by atoms with Gasteiger partial charge in [-0.3, -0.25) is 15.1 Å². The van der Waals surface area contributed by atoms with Crippen LogP contribution in [0.1, 0.15) is 36.6 Å². The Balaban J connectivity index is 1.50. The number of hydrogen-bond acceptors (Lipinski definition) is 8. The Morgan fingerprint density at radius 2 is 2.03 bits per heavy atom. The number of amides is 1. The van der Waals surface area contributed by atoms with E-state index < -0.39 is 11.9 Å². The number of halogens is 1. The summed E-state index contributed by atoms with van der Waals surface area (Å²) >= 11 is 11.5. The Hall–Kier alpha value is -4.28. The van der Waals surface area contributed by atoms with Crippen molar-refractivity contribution in [2.75, 3.05) is 10.6 Å². The number of aliphatic imine (C=N–C) groups is 1. The highest BCUT2D eigenvalue weighted by atomic mass is 35.5. The lowest BCUT2D eigenvalue weighted by atomic mass is 9.94. The smallest absolute Gasteiger partial charge is 0.302 e. The summed E-state index contributed by atoms with van der Waals surface area (Å²) in [6, 6.07) is 14.2. The van der Waals surface area contributed by atoms with Crippen LogP contribution in [-0.4, -0.2) is 32.0 Å². The summed E-state index contributed by atoms with van der Waals surface area (Å²) < 4.78 is 5.78. The average molecular weight is 547 g/mol. The number of thiocarbonyl (C=S) groups is 1. The highest BCUT2D eigenvalue weighted by Gasteiger charge is 2.31. The predicted octanol–water partition coefficient (Wildman–Crippen LogP) is 5.70. The highest BCUT2D eigenvalue weighted by molar-refractivity contribution is 7.80. The molecule has 3 heterocycles. The molecule has 4 N–H and O–H groups in total. The summed E-state index contributed by atoms with van der Waals surface area (Å²) in [5.74, 6) is -0.0661. The molecule has 1 atom stereocenters. The van der Waals surface area contributed by atoms with E-state index in [0.717, 1.165) is 12.0 Å². The summed E-state index contributed by atoms with van der Waals surface area (Å²) in [5, 5.41) is 18.9. The fraction of sp³-hybridized carbons (Fsp3) is 0.148. The lowest BCUT2D eigenvalue weighted by Gasteiger charge is -2.27. The molecule has 2 aromatic carbocycles. The maximum atomic E-state index is 13.6. The van der Waals surface area contributed by atoms with Crippen LogP contribution in [0.4, 0.5) is 11.7 Å². The number of aryl methyl sites for hydroxylation is 1. The minimum Gasteiger partial charge on any atom is -0.498 e. The van der Waals surface area contributed by atoms with E-state index in [1.165, 1.54) is 12.4 Å². The van der Waals surface area contributed by atoms with Crippen molar-refractivity contribution in [3.8, 4) is 0 Å². The van der Waals surface area contributed by atoms with E-state index in [-0.39, 0.29) is 11.1 Å². The van der Waals surface area contributed by atoms with Crippen LogP contribution in [0.5, 0.6) is 0 Å². The van der Waals surface area contributed by atoms with Crippen molar-refractivity contribution in [2.24, 2.45) is 4.99 Å². The number of fused-ring (bicyclic) bond motifs is 1. The molecule has 5 rings (SSSR count). The van der Waals surface area contributed by atoms with Gasteiger partial charge < -0.3 is 20.2 Å². The van der Waals surface area contributed by atoms with E-state index in [1.54, 1.807) is 13.0 Å². The maximum absolute atomic E-state index is 13.6. The molecule has 4 aromatic rings. The number of guanidine groups is 1. The van der Waals surface area contributed by atoms with Crippen molar-refractivity contribution in [2.45, 2.75) is 26.3 Å². The highest BCUT2D eigenvalue weighted by Crippen LogP contribution is 2.36. The van der Waals surface area contributed by atoms with Gasteiger partial charge in [-0.15, -0.1) is 0 Å². The standard InChI is InChI=1S/C27H23ClN6O3S/c1-3-15-8-9-18(19(28)10-15)23-22(24(35)31-17-11-16(25(36)38)12-29-13-17)14(2)30-26(33-23)34-27-32-20-6-4-5-7-21(20)37-27/h4-13,23H,3H2,1-2H3,(H,31,35)(H,36,38)(H2,30,32,33,34). The second-order valence-corrected chi connectivity index (χ2v) is 9.38. The fourth-order valence-corrected chi connectivity index (χ4v) is 4.54. The number of nitrogens with zero attached hydrogens (tertiary/aromatic N) is 3. The fourth-order valence-electron chi connectivity index (χ4n) is 4.12. The number of anilines is 2. The molecule has 0 fully saturated rings. The van der Waals surface area contributed by atoms with Gasteiger partial charge in [0.05, 0.1) is 17.5 Å². The zero-order valence-corrected chi connectivity index (χ0v) is 22.0. The average Bonchev–Trinajstić information content (AvgIpc) is 3.30. The van der Waals surface area contributed by atoms with Crippen LogP contribution < -0.4 is 16.0 Å². The molecule has 0 radical (unpaired) electrons. The van der Waals surface area contributed by atoms with Crippen LogP contribution in [0.2, 0.25) is 5.02 Å². The van der Waals surface area contributed by atoms with Crippen LogP contribution in [-0.2, 0) is 11.2 Å². The van der Waals surface area contributed by atoms with Crippen LogP contribution in [0.3, 0.4) is 0 Å². The number of aliphatic hydroxyl groups is 1. The van der Waals surface area contributed by atoms with E-state index in [1.807, 2.05) is 49.4 Å². The Labute approximate surface area is 228 Å².